The van der Waals surface area contributed by atoms with Crippen molar-refractivity contribution in [2.45, 2.75) is 13.8 Å². The van der Waals surface area contributed by atoms with Crippen LogP contribution in [-0.4, -0.2) is 17.5 Å². The highest BCUT2D eigenvalue weighted by Gasteiger charge is 2.09. The van der Waals surface area contributed by atoms with Crippen molar-refractivity contribution in [1.82, 2.24) is 4.98 Å². The zero-order valence-corrected chi connectivity index (χ0v) is 11.5. The topological polar surface area (TPSA) is 77.2 Å². The lowest BCUT2D eigenvalue weighted by atomic mass is 10.1. The zero-order valence-electron chi connectivity index (χ0n) is 11.5. The van der Waals surface area contributed by atoms with Crippen molar-refractivity contribution in [3.05, 3.63) is 47.8 Å². The first-order chi connectivity index (χ1) is 9.58. The molecule has 1 aromatic heterocycles. The van der Waals surface area contributed by atoms with Crippen molar-refractivity contribution in [3.8, 4) is 5.75 Å². The lowest BCUT2D eigenvalue weighted by Gasteiger charge is -2.09. The number of benzene rings is 1. The Morgan fingerprint density at radius 2 is 2.15 bits per heavy atom. The molecule has 0 spiro atoms. The number of hydrogen-bond acceptors (Lipinski definition) is 4. The molecule has 5 heteroatoms. The predicted octanol–water partition coefficient (Wildman–Crippen LogP) is 2.62. The largest absolute Gasteiger partial charge is 0.494 e. The molecule has 1 heterocycles. The van der Waals surface area contributed by atoms with Crippen LogP contribution in [0.1, 0.15) is 23.0 Å². The number of nitrogens with one attached hydrogen (secondary N) is 1. The molecule has 5 nitrogen and oxygen atoms in total. The average Bonchev–Trinajstić information content (AvgIpc) is 2.38. The summed E-state index contributed by atoms with van der Waals surface area (Å²) >= 11 is 0. The van der Waals surface area contributed by atoms with Gasteiger partial charge in [-0.25, -0.2) is 0 Å². The zero-order chi connectivity index (χ0) is 14.5. The normalized spacial score (nSPS) is 10.1. The van der Waals surface area contributed by atoms with Crippen molar-refractivity contribution in [1.29, 1.82) is 0 Å². The first kappa shape index (κ1) is 13.9. The molecule has 0 aliphatic heterocycles. The van der Waals surface area contributed by atoms with Gasteiger partial charge in [-0.05, 0) is 38.1 Å². The molecule has 0 saturated carbocycles. The Hall–Kier alpha value is -2.56. The molecule has 2 aromatic rings. The summed E-state index contributed by atoms with van der Waals surface area (Å²) in [5.41, 5.74) is 8.26. The molecule has 0 radical (unpaired) electrons. The number of pyridine rings is 1. The summed E-state index contributed by atoms with van der Waals surface area (Å²) in [6, 6.07) is 8.51. The second-order valence-corrected chi connectivity index (χ2v) is 4.36. The molecule has 1 aromatic carbocycles. The summed E-state index contributed by atoms with van der Waals surface area (Å²) in [7, 11) is 0. The monoisotopic (exact) mass is 271 g/mol. The lowest BCUT2D eigenvalue weighted by molar-refractivity contribution is 0.102. The number of hydrogen-bond donors (Lipinski definition) is 2. The fourth-order valence-corrected chi connectivity index (χ4v) is 1.83. The number of anilines is 2. The minimum Gasteiger partial charge on any atom is -0.494 e. The van der Waals surface area contributed by atoms with Gasteiger partial charge in [0.1, 0.15) is 5.75 Å². The molecule has 0 unspecified atom stereocenters. The van der Waals surface area contributed by atoms with Gasteiger partial charge in [0.05, 0.1) is 6.61 Å². The van der Waals surface area contributed by atoms with Crippen molar-refractivity contribution in [3.63, 3.8) is 0 Å². The van der Waals surface area contributed by atoms with Gasteiger partial charge in [0, 0.05) is 34.9 Å². The first-order valence-electron chi connectivity index (χ1n) is 6.36. The van der Waals surface area contributed by atoms with Gasteiger partial charge >= 0.3 is 0 Å². The smallest absolute Gasteiger partial charge is 0.255 e. The maximum Gasteiger partial charge on any atom is 0.255 e. The van der Waals surface area contributed by atoms with Crippen molar-refractivity contribution >= 4 is 17.3 Å². The van der Waals surface area contributed by atoms with E-state index in [-0.39, 0.29) is 5.91 Å². The molecule has 0 saturated heterocycles. The highest BCUT2D eigenvalue weighted by Crippen LogP contribution is 2.20. The number of rotatable bonds is 4. The number of carbonyl (C=O) groups is 1. The van der Waals surface area contributed by atoms with Gasteiger partial charge in [-0.3, -0.25) is 9.78 Å². The van der Waals surface area contributed by atoms with Crippen LogP contribution in [0.4, 0.5) is 11.4 Å². The minimum atomic E-state index is -0.233. The van der Waals surface area contributed by atoms with E-state index in [1.165, 1.54) is 0 Å². The quantitative estimate of drug-likeness (QED) is 0.838. The van der Waals surface area contributed by atoms with E-state index < -0.39 is 0 Å². The Labute approximate surface area is 117 Å². The molecule has 0 fully saturated rings. The van der Waals surface area contributed by atoms with Crippen molar-refractivity contribution in [2.24, 2.45) is 0 Å². The van der Waals surface area contributed by atoms with E-state index in [9.17, 15) is 4.79 Å². The minimum absolute atomic E-state index is 0.233. The molecular weight excluding hydrogens is 254 g/mol. The summed E-state index contributed by atoms with van der Waals surface area (Å²) in [6.45, 7) is 4.26. The van der Waals surface area contributed by atoms with Crippen LogP contribution >= 0.6 is 0 Å². The predicted molar refractivity (Wildman–Crippen MR) is 79.0 cm³/mol. The van der Waals surface area contributed by atoms with Crippen LogP contribution < -0.4 is 15.8 Å². The van der Waals surface area contributed by atoms with Gasteiger partial charge < -0.3 is 15.8 Å². The van der Waals surface area contributed by atoms with Crippen LogP contribution in [-0.2, 0) is 0 Å². The highest BCUT2D eigenvalue weighted by molar-refractivity contribution is 6.05. The van der Waals surface area contributed by atoms with E-state index in [0.29, 0.717) is 29.3 Å². The Morgan fingerprint density at radius 1 is 1.35 bits per heavy atom. The Kier molecular flexibility index (Phi) is 4.20. The van der Waals surface area contributed by atoms with Gasteiger partial charge in [0.15, 0.2) is 0 Å². The van der Waals surface area contributed by atoms with Crippen LogP contribution in [0.5, 0.6) is 5.75 Å². The maximum atomic E-state index is 12.2. The van der Waals surface area contributed by atoms with Gasteiger partial charge in [0.2, 0.25) is 0 Å². The Bertz CT molecular complexity index is 626. The molecule has 20 heavy (non-hydrogen) atoms. The van der Waals surface area contributed by atoms with Crippen LogP contribution in [0.3, 0.4) is 0 Å². The fraction of sp³-hybridized carbons (Fsp3) is 0.200. The number of nitrogens with two attached hydrogens (primary N) is 1. The van der Waals surface area contributed by atoms with Crippen LogP contribution in [0.15, 0.2) is 36.5 Å². The second kappa shape index (κ2) is 6.06. The number of aryl methyl sites for hydroxylation is 1. The maximum absolute atomic E-state index is 12.2. The first-order valence-corrected chi connectivity index (χ1v) is 6.36. The lowest BCUT2D eigenvalue weighted by Crippen LogP contribution is -2.12. The summed E-state index contributed by atoms with van der Waals surface area (Å²) in [5, 5.41) is 2.81. The van der Waals surface area contributed by atoms with Crippen molar-refractivity contribution in [2.75, 3.05) is 17.7 Å². The number of aromatic nitrogens is 1. The average molecular weight is 271 g/mol. The molecular formula is C15H17N3O2. The molecule has 3 N–H and O–H groups in total. The van der Waals surface area contributed by atoms with Gasteiger partial charge in [0.25, 0.3) is 5.91 Å². The summed E-state index contributed by atoms with van der Waals surface area (Å²) in [4.78, 5) is 16.3. The second-order valence-electron chi connectivity index (χ2n) is 4.36. The Balaban J connectivity index is 2.20. The Morgan fingerprint density at radius 3 is 2.85 bits per heavy atom. The molecule has 0 aliphatic rings. The molecule has 0 atom stereocenters. The van der Waals surface area contributed by atoms with E-state index in [1.807, 2.05) is 13.8 Å². The van der Waals surface area contributed by atoms with E-state index in [4.69, 9.17) is 10.5 Å². The van der Waals surface area contributed by atoms with Crippen molar-refractivity contribution < 1.29 is 9.53 Å². The number of carbonyl (C=O) groups excluding carboxylic acids is 1. The number of nitrogen functional groups attached to an aromatic ring is 1. The van der Waals surface area contributed by atoms with Gasteiger partial charge in [-0.15, -0.1) is 0 Å². The van der Waals surface area contributed by atoms with Crippen LogP contribution in [0.2, 0.25) is 0 Å². The summed E-state index contributed by atoms with van der Waals surface area (Å²) in [5.74, 6) is 0.354. The summed E-state index contributed by atoms with van der Waals surface area (Å²) < 4.78 is 5.38. The number of amides is 1. The molecule has 0 aliphatic carbocycles. The molecule has 0 bridgehead atoms. The fourth-order valence-electron chi connectivity index (χ4n) is 1.83. The third-order valence-corrected chi connectivity index (χ3v) is 2.66. The van der Waals surface area contributed by atoms with E-state index in [2.05, 4.69) is 10.3 Å². The SMILES string of the molecule is CCOc1cc(N)cc(C(=O)Nc2ccnc(C)c2)c1. The van der Waals surface area contributed by atoms with Gasteiger partial charge in [-0.1, -0.05) is 0 Å². The third kappa shape index (κ3) is 3.47. The molecule has 104 valence electrons. The summed E-state index contributed by atoms with van der Waals surface area (Å²) in [6.07, 6.45) is 1.65. The molecule has 2 rings (SSSR count). The highest BCUT2D eigenvalue weighted by atomic mass is 16.5. The van der Waals surface area contributed by atoms with E-state index >= 15 is 0 Å². The number of ether oxygens (including phenoxy) is 1. The van der Waals surface area contributed by atoms with E-state index in [0.717, 1.165) is 5.69 Å². The van der Waals surface area contributed by atoms with Gasteiger partial charge in [-0.2, -0.15) is 0 Å². The number of nitrogens with zero attached hydrogens (tertiary/aromatic N) is 1. The van der Waals surface area contributed by atoms with E-state index in [1.54, 1.807) is 36.5 Å². The van der Waals surface area contributed by atoms with Crippen LogP contribution in [0.25, 0.3) is 0 Å². The molecule has 1 amide bonds. The standard InChI is InChI=1S/C15H17N3O2/c1-3-20-14-8-11(7-12(16)9-14)15(19)18-13-4-5-17-10(2)6-13/h4-9H,3,16H2,1-2H3,(H,17,18,19). The van der Waals surface area contributed by atoms with Crippen LogP contribution in [0, 0.1) is 6.92 Å². The third-order valence-electron chi connectivity index (χ3n) is 2.66.